The first-order chi connectivity index (χ1) is 8.22. The van der Waals surface area contributed by atoms with E-state index in [-0.39, 0.29) is 5.69 Å². The van der Waals surface area contributed by atoms with Gasteiger partial charge in [-0.15, -0.1) is 0 Å². The smallest absolute Gasteiger partial charge is 0.269 e. The molecule has 1 heterocycles. The average Bonchev–Trinajstić information content (AvgIpc) is 2.78. The van der Waals surface area contributed by atoms with Crippen LogP contribution >= 0.6 is 0 Å². The van der Waals surface area contributed by atoms with E-state index in [4.69, 9.17) is 0 Å². The minimum Gasteiger partial charge on any atom is -0.313 e. The highest BCUT2D eigenvalue weighted by Gasteiger charge is 2.08. The van der Waals surface area contributed by atoms with Crippen molar-refractivity contribution in [3.8, 4) is 5.69 Å². The Hall–Kier alpha value is -2.28. The van der Waals surface area contributed by atoms with E-state index in [1.54, 1.807) is 16.8 Å². The van der Waals surface area contributed by atoms with Gasteiger partial charge < -0.3 is 5.32 Å². The Morgan fingerprint density at radius 1 is 1.41 bits per heavy atom. The van der Waals surface area contributed by atoms with Crippen LogP contribution in [0.2, 0.25) is 0 Å². The van der Waals surface area contributed by atoms with Crippen LogP contribution in [-0.2, 0) is 6.54 Å². The second-order valence-corrected chi connectivity index (χ2v) is 3.39. The van der Waals surface area contributed by atoms with Crippen LogP contribution < -0.4 is 5.32 Å². The fourth-order valence-corrected chi connectivity index (χ4v) is 1.48. The van der Waals surface area contributed by atoms with E-state index in [9.17, 15) is 10.1 Å². The number of hydrogen-bond acceptors (Lipinski definition) is 5. The average molecular weight is 233 g/mol. The van der Waals surface area contributed by atoms with Crippen molar-refractivity contribution in [2.75, 3.05) is 7.05 Å². The molecule has 1 aromatic carbocycles. The first kappa shape index (κ1) is 11.2. The fraction of sp³-hybridized carbons (Fsp3) is 0.200. The van der Waals surface area contributed by atoms with Gasteiger partial charge in [0.25, 0.3) is 5.69 Å². The summed E-state index contributed by atoms with van der Waals surface area (Å²) in [7, 11) is 1.81. The van der Waals surface area contributed by atoms with Crippen molar-refractivity contribution in [3.05, 3.63) is 46.5 Å². The molecule has 7 nitrogen and oxygen atoms in total. The molecule has 0 aliphatic heterocycles. The van der Waals surface area contributed by atoms with Gasteiger partial charge in [0.1, 0.15) is 12.2 Å². The Labute approximate surface area is 97.2 Å². The van der Waals surface area contributed by atoms with Crippen molar-refractivity contribution < 1.29 is 4.92 Å². The molecule has 0 fully saturated rings. The Balaban J connectivity index is 2.33. The molecule has 1 N–H and O–H groups in total. The molecule has 0 amide bonds. The van der Waals surface area contributed by atoms with Gasteiger partial charge in [-0.1, -0.05) is 0 Å². The van der Waals surface area contributed by atoms with Crippen LogP contribution in [0, 0.1) is 10.1 Å². The number of nitro groups is 1. The largest absolute Gasteiger partial charge is 0.313 e. The lowest BCUT2D eigenvalue weighted by atomic mass is 10.3. The number of hydrogen-bond donors (Lipinski definition) is 1. The molecular weight excluding hydrogens is 222 g/mol. The Kier molecular flexibility index (Phi) is 3.10. The molecule has 2 aromatic rings. The number of nitrogens with one attached hydrogen (secondary N) is 1. The van der Waals surface area contributed by atoms with Crippen molar-refractivity contribution in [1.82, 2.24) is 20.1 Å². The highest BCUT2D eigenvalue weighted by atomic mass is 16.6. The molecule has 0 radical (unpaired) electrons. The minimum absolute atomic E-state index is 0.0593. The zero-order valence-corrected chi connectivity index (χ0v) is 9.20. The van der Waals surface area contributed by atoms with E-state index in [1.807, 2.05) is 7.05 Å². The van der Waals surface area contributed by atoms with Crippen LogP contribution in [0.3, 0.4) is 0 Å². The molecule has 88 valence electrons. The molecule has 0 unspecified atom stereocenters. The molecule has 0 saturated heterocycles. The van der Waals surface area contributed by atoms with Crippen molar-refractivity contribution in [3.63, 3.8) is 0 Å². The monoisotopic (exact) mass is 233 g/mol. The van der Waals surface area contributed by atoms with Crippen LogP contribution in [0.4, 0.5) is 5.69 Å². The summed E-state index contributed by atoms with van der Waals surface area (Å²) in [6.07, 6.45) is 1.45. The third-order valence-electron chi connectivity index (χ3n) is 2.26. The topological polar surface area (TPSA) is 85.9 Å². The summed E-state index contributed by atoms with van der Waals surface area (Å²) in [5.74, 6) is 0.751. The number of rotatable bonds is 4. The second kappa shape index (κ2) is 4.71. The van der Waals surface area contributed by atoms with Gasteiger partial charge >= 0.3 is 0 Å². The Bertz CT molecular complexity index is 520. The SMILES string of the molecule is CNCc1ncnn1-c1ccc([N+](=O)[O-])cc1. The predicted molar refractivity (Wildman–Crippen MR) is 60.8 cm³/mol. The lowest BCUT2D eigenvalue weighted by Gasteiger charge is -2.04. The van der Waals surface area contributed by atoms with Crippen molar-refractivity contribution in [2.24, 2.45) is 0 Å². The molecule has 17 heavy (non-hydrogen) atoms. The second-order valence-electron chi connectivity index (χ2n) is 3.39. The van der Waals surface area contributed by atoms with Crippen LogP contribution in [0.1, 0.15) is 5.82 Å². The van der Waals surface area contributed by atoms with E-state index in [1.165, 1.54) is 18.5 Å². The Morgan fingerprint density at radius 3 is 2.71 bits per heavy atom. The van der Waals surface area contributed by atoms with E-state index in [0.717, 1.165) is 11.5 Å². The number of non-ortho nitro benzene ring substituents is 1. The summed E-state index contributed by atoms with van der Waals surface area (Å²) in [5.41, 5.74) is 0.808. The summed E-state index contributed by atoms with van der Waals surface area (Å²) >= 11 is 0. The lowest BCUT2D eigenvalue weighted by molar-refractivity contribution is -0.384. The summed E-state index contributed by atoms with van der Waals surface area (Å²) in [5, 5.41) is 17.6. The van der Waals surface area contributed by atoms with E-state index in [2.05, 4.69) is 15.4 Å². The zero-order valence-electron chi connectivity index (χ0n) is 9.20. The lowest BCUT2D eigenvalue weighted by Crippen LogP contribution is -2.12. The highest BCUT2D eigenvalue weighted by Crippen LogP contribution is 2.15. The molecule has 0 aliphatic rings. The van der Waals surface area contributed by atoms with Gasteiger partial charge in [0.2, 0.25) is 0 Å². The van der Waals surface area contributed by atoms with Crippen molar-refractivity contribution in [1.29, 1.82) is 0 Å². The van der Waals surface area contributed by atoms with Crippen molar-refractivity contribution >= 4 is 5.69 Å². The van der Waals surface area contributed by atoms with Crippen LogP contribution in [0.25, 0.3) is 5.69 Å². The molecule has 7 heteroatoms. The van der Waals surface area contributed by atoms with Gasteiger partial charge in [-0.2, -0.15) is 5.10 Å². The quantitative estimate of drug-likeness (QED) is 0.626. The van der Waals surface area contributed by atoms with Gasteiger partial charge in [0, 0.05) is 12.1 Å². The van der Waals surface area contributed by atoms with Gasteiger partial charge in [-0.3, -0.25) is 10.1 Å². The number of nitrogens with zero attached hydrogens (tertiary/aromatic N) is 4. The van der Waals surface area contributed by atoms with Gasteiger partial charge in [-0.25, -0.2) is 9.67 Å². The van der Waals surface area contributed by atoms with Gasteiger partial charge in [0.05, 0.1) is 17.2 Å². The first-order valence-electron chi connectivity index (χ1n) is 5.00. The number of benzene rings is 1. The van der Waals surface area contributed by atoms with Crippen LogP contribution in [-0.4, -0.2) is 26.7 Å². The maximum atomic E-state index is 10.5. The number of aromatic nitrogens is 3. The van der Waals surface area contributed by atoms with Gasteiger partial charge in [0.15, 0.2) is 0 Å². The molecule has 0 atom stereocenters. The van der Waals surface area contributed by atoms with Crippen molar-refractivity contribution in [2.45, 2.75) is 6.54 Å². The van der Waals surface area contributed by atoms with Crippen LogP contribution in [0.5, 0.6) is 0 Å². The van der Waals surface area contributed by atoms with Crippen LogP contribution in [0.15, 0.2) is 30.6 Å². The normalized spacial score (nSPS) is 10.4. The summed E-state index contributed by atoms with van der Waals surface area (Å²) in [6.45, 7) is 0.580. The highest BCUT2D eigenvalue weighted by molar-refractivity contribution is 5.40. The molecular formula is C10H11N5O2. The molecule has 2 rings (SSSR count). The molecule has 0 aliphatic carbocycles. The third kappa shape index (κ3) is 2.28. The standard InChI is InChI=1S/C10H11N5O2/c1-11-6-10-12-7-13-14(10)8-2-4-9(5-3-8)15(16)17/h2-5,7,11H,6H2,1H3. The predicted octanol–water partition coefficient (Wildman–Crippen LogP) is 0.895. The maximum absolute atomic E-state index is 10.5. The molecule has 0 saturated carbocycles. The summed E-state index contributed by atoms with van der Waals surface area (Å²) < 4.78 is 1.64. The summed E-state index contributed by atoms with van der Waals surface area (Å²) in [6, 6.07) is 6.18. The maximum Gasteiger partial charge on any atom is 0.269 e. The first-order valence-corrected chi connectivity index (χ1v) is 5.00. The third-order valence-corrected chi connectivity index (χ3v) is 2.26. The molecule has 1 aromatic heterocycles. The number of nitro benzene ring substituents is 1. The van der Waals surface area contributed by atoms with E-state index >= 15 is 0 Å². The van der Waals surface area contributed by atoms with Gasteiger partial charge in [-0.05, 0) is 19.2 Å². The fourth-order valence-electron chi connectivity index (χ4n) is 1.48. The molecule has 0 spiro atoms. The Morgan fingerprint density at radius 2 is 2.12 bits per heavy atom. The van der Waals surface area contributed by atoms with E-state index in [0.29, 0.717) is 6.54 Å². The van der Waals surface area contributed by atoms with E-state index < -0.39 is 4.92 Å². The summed E-state index contributed by atoms with van der Waals surface area (Å²) in [4.78, 5) is 14.2. The molecule has 0 bridgehead atoms. The zero-order chi connectivity index (χ0) is 12.3. The minimum atomic E-state index is -0.431.